The minimum atomic E-state index is -1.05. The summed E-state index contributed by atoms with van der Waals surface area (Å²) < 4.78 is 24.8. The van der Waals surface area contributed by atoms with Crippen LogP contribution in [0.1, 0.15) is 62.1 Å². The number of halogens is 2. The number of benzene rings is 4. The van der Waals surface area contributed by atoms with Gasteiger partial charge in [-0.05, 0) is 71.5 Å². The molecule has 322 valence electrons. The molecule has 6 aromatic rings. The fourth-order valence-electron chi connectivity index (χ4n) is 6.72. The molecule has 0 spiro atoms. The lowest BCUT2D eigenvalue weighted by molar-refractivity contribution is -0.137. The van der Waals surface area contributed by atoms with Crippen LogP contribution in [0, 0.1) is 36.5 Å². The fraction of sp³-hybridized carbons (Fsp3) is 0.229. The number of carbonyl (C=O) groups is 1. The van der Waals surface area contributed by atoms with Crippen molar-refractivity contribution in [2.75, 3.05) is 6.61 Å². The van der Waals surface area contributed by atoms with Gasteiger partial charge in [0.05, 0.1) is 40.8 Å². The van der Waals surface area contributed by atoms with Crippen molar-refractivity contribution in [3.63, 3.8) is 0 Å². The summed E-state index contributed by atoms with van der Waals surface area (Å²) in [6.07, 6.45) is 5.85. The third-order valence-electron chi connectivity index (χ3n) is 10.2. The van der Waals surface area contributed by atoms with E-state index in [-0.39, 0.29) is 52.6 Å². The summed E-state index contributed by atoms with van der Waals surface area (Å²) in [5.74, 6) is 0.479. The van der Waals surface area contributed by atoms with Gasteiger partial charge in [-0.15, -0.1) is 0 Å². The first-order valence-electron chi connectivity index (χ1n) is 19.7. The SMILES string of the molecule is Cc1c(COc2cc(OCc3cncc(C#N)c3)c(CO)cc2Cl)cccc1-c1cccc(COc2cc(OCc3cncc(C#N)c3)c(CN[C@H](CO)CC(=O)O)cc2Cl)c1C. The molecule has 0 saturated heterocycles. The lowest BCUT2D eigenvalue weighted by Crippen LogP contribution is -2.34. The molecule has 0 amide bonds. The second-order valence-corrected chi connectivity index (χ2v) is 15.3. The Balaban J connectivity index is 1.18. The van der Waals surface area contributed by atoms with E-state index < -0.39 is 12.0 Å². The van der Waals surface area contributed by atoms with Gasteiger partial charge in [-0.2, -0.15) is 10.5 Å². The number of carboxylic acids is 1. The summed E-state index contributed by atoms with van der Waals surface area (Å²) in [6, 6.07) is 25.4. The molecule has 0 radical (unpaired) electrons. The smallest absolute Gasteiger partial charge is 0.305 e. The van der Waals surface area contributed by atoms with E-state index in [0.29, 0.717) is 66.4 Å². The number of aliphatic hydroxyl groups excluding tert-OH is 2. The lowest BCUT2D eigenvalue weighted by atomic mass is 9.92. The zero-order valence-electron chi connectivity index (χ0n) is 34.4. The summed E-state index contributed by atoms with van der Waals surface area (Å²) in [5.41, 5.74) is 9.07. The summed E-state index contributed by atoms with van der Waals surface area (Å²) in [6.45, 7) is 4.08. The Hall–Kier alpha value is -6.71. The maximum Gasteiger partial charge on any atom is 0.305 e. The number of ether oxygens (including phenoxy) is 4. The van der Waals surface area contributed by atoms with Gasteiger partial charge in [0.25, 0.3) is 0 Å². The number of aliphatic carboxylic acids is 1. The van der Waals surface area contributed by atoms with E-state index >= 15 is 0 Å². The van der Waals surface area contributed by atoms with Gasteiger partial charge in [0.15, 0.2) is 0 Å². The van der Waals surface area contributed by atoms with Crippen LogP contribution in [0.2, 0.25) is 10.0 Å². The molecular formula is C48H43Cl2N5O8. The molecule has 63 heavy (non-hydrogen) atoms. The van der Waals surface area contributed by atoms with E-state index in [0.717, 1.165) is 33.4 Å². The monoisotopic (exact) mass is 887 g/mol. The van der Waals surface area contributed by atoms with Crippen molar-refractivity contribution in [2.45, 2.75) is 65.9 Å². The molecule has 2 aromatic heterocycles. The number of aliphatic hydroxyl groups is 2. The maximum atomic E-state index is 11.3. The van der Waals surface area contributed by atoms with Crippen molar-refractivity contribution in [1.82, 2.24) is 15.3 Å². The van der Waals surface area contributed by atoms with Gasteiger partial charge >= 0.3 is 5.97 Å². The summed E-state index contributed by atoms with van der Waals surface area (Å²) in [5, 5.41) is 51.2. The molecule has 0 bridgehead atoms. The van der Waals surface area contributed by atoms with Crippen LogP contribution in [0.5, 0.6) is 23.0 Å². The number of nitriles is 2. The Morgan fingerprint density at radius 3 is 1.60 bits per heavy atom. The number of nitrogens with zero attached hydrogens (tertiary/aromatic N) is 4. The number of carboxylic acid groups (broad SMARTS) is 1. The second-order valence-electron chi connectivity index (χ2n) is 14.5. The molecule has 13 nitrogen and oxygen atoms in total. The van der Waals surface area contributed by atoms with Crippen LogP contribution in [0.4, 0.5) is 0 Å². The van der Waals surface area contributed by atoms with Gasteiger partial charge in [-0.3, -0.25) is 14.8 Å². The van der Waals surface area contributed by atoms with Gasteiger partial charge < -0.3 is 39.6 Å². The van der Waals surface area contributed by atoms with Crippen molar-refractivity contribution in [3.8, 4) is 46.3 Å². The zero-order valence-corrected chi connectivity index (χ0v) is 35.9. The molecule has 4 aromatic carbocycles. The molecule has 4 N–H and O–H groups in total. The molecule has 0 aliphatic carbocycles. The van der Waals surface area contributed by atoms with Crippen LogP contribution in [0.15, 0.2) is 97.6 Å². The van der Waals surface area contributed by atoms with Gasteiger partial charge in [0.2, 0.25) is 0 Å². The van der Waals surface area contributed by atoms with Crippen LogP contribution >= 0.6 is 23.2 Å². The van der Waals surface area contributed by atoms with Gasteiger partial charge in [-0.1, -0.05) is 59.6 Å². The van der Waals surface area contributed by atoms with Crippen LogP contribution < -0.4 is 24.3 Å². The van der Waals surface area contributed by atoms with Crippen LogP contribution in [-0.2, 0) is 44.4 Å². The van der Waals surface area contributed by atoms with E-state index in [1.807, 2.05) is 50.2 Å². The Bertz CT molecular complexity index is 2680. The molecule has 6 rings (SSSR count). The summed E-state index contributed by atoms with van der Waals surface area (Å²) >= 11 is 13.4. The molecule has 0 saturated carbocycles. The molecular weight excluding hydrogens is 845 g/mol. The van der Waals surface area contributed by atoms with E-state index in [2.05, 4.69) is 27.4 Å². The van der Waals surface area contributed by atoms with Crippen LogP contribution in [0.25, 0.3) is 11.1 Å². The van der Waals surface area contributed by atoms with E-state index in [4.69, 9.17) is 42.1 Å². The average molecular weight is 889 g/mol. The van der Waals surface area contributed by atoms with E-state index in [1.165, 1.54) is 12.4 Å². The van der Waals surface area contributed by atoms with Crippen LogP contribution in [-0.4, -0.2) is 43.9 Å². The number of hydrogen-bond donors (Lipinski definition) is 4. The standard InChI is InChI=1S/C48H43Cl2N5O8/c1-29-35(27-62-46-14-44(60-25-33-9-31(16-51)18-53-20-33)37(11-42(46)49)22-55-39(24-57)13-48(58)59)5-3-7-40(29)41-8-4-6-36(30(41)2)28-63-47-15-45(38(23-56)12-43(47)50)61-26-34-10-32(17-52)19-54-21-34/h3-12,14-15,18-21,39,55-57H,13,22-28H2,1-2H3,(H,58,59)/t39-/m0/s1. The molecule has 15 heteroatoms. The fourth-order valence-corrected chi connectivity index (χ4v) is 7.20. The largest absolute Gasteiger partial charge is 0.488 e. The number of hydrogen-bond acceptors (Lipinski definition) is 12. The predicted molar refractivity (Wildman–Crippen MR) is 235 cm³/mol. The van der Waals surface area contributed by atoms with Gasteiger partial charge in [0, 0.05) is 71.8 Å². The van der Waals surface area contributed by atoms with Crippen molar-refractivity contribution >= 4 is 29.2 Å². The van der Waals surface area contributed by atoms with Crippen LogP contribution in [0.3, 0.4) is 0 Å². The maximum absolute atomic E-state index is 11.3. The zero-order chi connectivity index (χ0) is 44.9. The molecule has 1 atom stereocenters. The highest BCUT2D eigenvalue weighted by molar-refractivity contribution is 6.32. The number of pyridine rings is 2. The van der Waals surface area contributed by atoms with Gasteiger partial charge in [-0.25, -0.2) is 0 Å². The predicted octanol–water partition coefficient (Wildman–Crippen LogP) is 8.54. The van der Waals surface area contributed by atoms with Crippen molar-refractivity contribution < 1.29 is 39.1 Å². The second kappa shape index (κ2) is 21.9. The highest BCUT2D eigenvalue weighted by Gasteiger charge is 2.18. The highest BCUT2D eigenvalue weighted by Crippen LogP contribution is 2.37. The molecule has 0 unspecified atom stereocenters. The molecule has 0 aliphatic rings. The normalized spacial score (nSPS) is 11.3. The Kier molecular flexibility index (Phi) is 15.9. The third kappa shape index (κ3) is 12.0. The average Bonchev–Trinajstić information content (AvgIpc) is 3.29. The number of nitrogens with one attached hydrogen (secondary N) is 1. The lowest BCUT2D eigenvalue weighted by Gasteiger charge is -2.19. The quantitative estimate of drug-likeness (QED) is 0.0569. The van der Waals surface area contributed by atoms with E-state index in [9.17, 15) is 30.6 Å². The van der Waals surface area contributed by atoms with Crippen molar-refractivity contribution in [2.24, 2.45) is 0 Å². The van der Waals surface area contributed by atoms with E-state index in [1.54, 1.807) is 48.8 Å². The van der Waals surface area contributed by atoms with Gasteiger partial charge in [0.1, 0.15) is 61.6 Å². The first kappa shape index (κ1) is 45.8. The molecule has 2 heterocycles. The summed E-state index contributed by atoms with van der Waals surface area (Å²) in [4.78, 5) is 19.5. The van der Waals surface area contributed by atoms with Crippen molar-refractivity contribution in [1.29, 1.82) is 10.5 Å². The Morgan fingerprint density at radius 1 is 0.667 bits per heavy atom. The molecule has 0 fully saturated rings. The minimum absolute atomic E-state index is 0.0801. The highest BCUT2D eigenvalue weighted by atomic mass is 35.5. The third-order valence-corrected chi connectivity index (χ3v) is 10.8. The summed E-state index contributed by atoms with van der Waals surface area (Å²) in [7, 11) is 0. The topological polar surface area (TPSA) is 200 Å². The number of rotatable bonds is 20. The van der Waals surface area contributed by atoms with Crippen molar-refractivity contribution in [3.05, 3.63) is 163 Å². The Morgan fingerprint density at radius 2 is 1.14 bits per heavy atom. The first-order chi connectivity index (χ1) is 30.5. The Labute approximate surface area is 374 Å². The number of aromatic nitrogens is 2. The minimum Gasteiger partial charge on any atom is -0.488 e. The first-order valence-corrected chi connectivity index (χ1v) is 20.4. The molecule has 0 aliphatic heterocycles.